The predicted octanol–water partition coefficient (Wildman–Crippen LogP) is 0.803. The number of carbonyl (C=O) groups is 1. The van der Waals surface area contributed by atoms with Crippen LogP contribution in [0.25, 0.3) is 0 Å². The summed E-state index contributed by atoms with van der Waals surface area (Å²) < 4.78 is 0. The fourth-order valence-corrected chi connectivity index (χ4v) is 1.49. The Kier molecular flexibility index (Phi) is 2.28. The van der Waals surface area contributed by atoms with Gasteiger partial charge < -0.3 is 15.5 Å². The van der Waals surface area contributed by atoms with Gasteiger partial charge >= 0.3 is 6.09 Å². The van der Waals surface area contributed by atoms with E-state index in [-0.39, 0.29) is 12.0 Å². The number of carboxylic acid groups (broad SMARTS) is 1. The zero-order valence-corrected chi connectivity index (χ0v) is 7.37. The van der Waals surface area contributed by atoms with Crippen LogP contribution < -0.4 is 5.32 Å². The van der Waals surface area contributed by atoms with Crippen LogP contribution in [0.5, 0.6) is 0 Å². The van der Waals surface area contributed by atoms with Crippen molar-refractivity contribution >= 4 is 6.09 Å². The van der Waals surface area contributed by atoms with Crippen LogP contribution in [0.2, 0.25) is 0 Å². The van der Waals surface area contributed by atoms with Gasteiger partial charge in [0.05, 0.1) is 5.60 Å². The summed E-state index contributed by atoms with van der Waals surface area (Å²) in [6.45, 7) is 3.52. The highest BCUT2D eigenvalue weighted by Crippen LogP contribution is 2.35. The summed E-state index contributed by atoms with van der Waals surface area (Å²) in [5.74, 6) is 0.231. The van der Waals surface area contributed by atoms with Gasteiger partial charge in [-0.25, -0.2) is 4.79 Å². The molecule has 1 rings (SSSR count). The molecule has 4 heteroatoms. The monoisotopic (exact) mass is 173 g/mol. The van der Waals surface area contributed by atoms with Crippen molar-refractivity contribution in [2.75, 3.05) is 0 Å². The Balaban J connectivity index is 2.25. The molecule has 1 saturated carbocycles. The molecule has 0 aromatic heterocycles. The molecule has 0 atom stereocenters. The van der Waals surface area contributed by atoms with Gasteiger partial charge in [-0.2, -0.15) is 0 Å². The summed E-state index contributed by atoms with van der Waals surface area (Å²) in [4.78, 5) is 10.2. The van der Waals surface area contributed by atoms with Gasteiger partial charge in [0, 0.05) is 6.04 Å². The molecule has 3 N–H and O–H groups in total. The molecule has 0 heterocycles. The topological polar surface area (TPSA) is 69.6 Å². The molecule has 0 radical (unpaired) electrons. The normalized spacial score (nSPS) is 29.2. The average Bonchev–Trinajstić information content (AvgIpc) is 1.73. The molecule has 0 saturated heterocycles. The minimum Gasteiger partial charge on any atom is -0.465 e. The minimum atomic E-state index is -0.978. The first-order valence-electron chi connectivity index (χ1n) is 4.11. The lowest BCUT2D eigenvalue weighted by Gasteiger charge is -2.42. The standard InChI is InChI=1S/C8H15NO3/c1-8(2,12)5-3-6(4-5)9-7(10)11/h5-6,9,12H,3-4H2,1-2H3,(H,10,11)/t5-,6-. The first-order chi connectivity index (χ1) is 5.39. The fourth-order valence-electron chi connectivity index (χ4n) is 1.49. The van der Waals surface area contributed by atoms with Crippen LogP contribution in [-0.2, 0) is 0 Å². The number of hydrogen-bond acceptors (Lipinski definition) is 2. The highest BCUT2D eigenvalue weighted by atomic mass is 16.4. The number of aliphatic hydroxyl groups is 1. The maximum absolute atomic E-state index is 10.2. The van der Waals surface area contributed by atoms with Gasteiger partial charge in [0.1, 0.15) is 0 Å². The van der Waals surface area contributed by atoms with Crippen LogP contribution in [-0.4, -0.2) is 27.9 Å². The van der Waals surface area contributed by atoms with Crippen LogP contribution in [0, 0.1) is 5.92 Å². The van der Waals surface area contributed by atoms with E-state index < -0.39 is 11.7 Å². The van der Waals surface area contributed by atoms with E-state index in [1.807, 2.05) is 0 Å². The zero-order chi connectivity index (χ0) is 9.35. The van der Waals surface area contributed by atoms with Gasteiger partial charge in [-0.3, -0.25) is 0 Å². The summed E-state index contributed by atoms with van der Waals surface area (Å²) >= 11 is 0. The van der Waals surface area contributed by atoms with Crippen LogP contribution in [0.4, 0.5) is 4.79 Å². The Morgan fingerprint density at radius 2 is 2.00 bits per heavy atom. The van der Waals surface area contributed by atoms with E-state index in [1.54, 1.807) is 13.8 Å². The molecule has 0 bridgehead atoms. The molecule has 1 fully saturated rings. The summed E-state index contributed by atoms with van der Waals surface area (Å²) in [6.07, 6.45) is 0.514. The molecule has 1 aliphatic carbocycles. The zero-order valence-electron chi connectivity index (χ0n) is 7.37. The lowest BCUT2D eigenvalue weighted by atomic mass is 9.71. The molecule has 1 aliphatic rings. The van der Waals surface area contributed by atoms with Gasteiger partial charge in [0.2, 0.25) is 0 Å². The van der Waals surface area contributed by atoms with Crippen molar-refractivity contribution in [2.24, 2.45) is 5.92 Å². The Hall–Kier alpha value is -0.770. The lowest BCUT2D eigenvalue weighted by Crippen LogP contribution is -2.50. The second-order valence-electron chi connectivity index (χ2n) is 3.97. The highest BCUT2D eigenvalue weighted by molar-refractivity contribution is 5.65. The summed E-state index contributed by atoms with van der Waals surface area (Å²) in [5, 5.41) is 20.3. The van der Waals surface area contributed by atoms with E-state index in [9.17, 15) is 9.90 Å². The molecular formula is C8H15NO3. The van der Waals surface area contributed by atoms with Gasteiger partial charge in [-0.1, -0.05) is 0 Å². The Morgan fingerprint density at radius 1 is 1.50 bits per heavy atom. The third-order valence-electron chi connectivity index (χ3n) is 2.46. The fraction of sp³-hybridized carbons (Fsp3) is 0.875. The van der Waals surface area contributed by atoms with Crippen molar-refractivity contribution in [3.8, 4) is 0 Å². The molecule has 4 nitrogen and oxygen atoms in total. The molecule has 0 aliphatic heterocycles. The van der Waals surface area contributed by atoms with Crippen LogP contribution in [0.1, 0.15) is 26.7 Å². The van der Waals surface area contributed by atoms with E-state index in [4.69, 9.17) is 5.11 Å². The third kappa shape index (κ3) is 2.11. The second kappa shape index (κ2) is 2.94. The van der Waals surface area contributed by atoms with Gasteiger partial charge in [0.25, 0.3) is 0 Å². The Bertz CT molecular complexity index is 179. The maximum atomic E-state index is 10.2. The number of nitrogens with one attached hydrogen (secondary N) is 1. The van der Waals surface area contributed by atoms with E-state index in [0.717, 1.165) is 12.8 Å². The number of rotatable bonds is 2. The van der Waals surface area contributed by atoms with Crippen molar-refractivity contribution in [1.82, 2.24) is 5.32 Å². The summed E-state index contributed by atoms with van der Waals surface area (Å²) in [6, 6.07) is 0.0407. The molecule has 0 aromatic carbocycles. The maximum Gasteiger partial charge on any atom is 0.404 e. The van der Waals surface area contributed by atoms with Crippen molar-refractivity contribution in [2.45, 2.75) is 38.3 Å². The van der Waals surface area contributed by atoms with Gasteiger partial charge in [0.15, 0.2) is 0 Å². The largest absolute Gasteiger partial charge is 0.465 e. The molecule has 0 unspecified atom stereocenters. The summed E-state index contributed by atoms with van der Waals surface area (Å²) in [7, 11) is 0. The number of amides is 1. The SMILES string of the molecule is CC(C)(O)[C@H]1C[C@H](NC(=O)O)C1. The molecule has 0 spiro atoms. The smallest absolute Gasteiger partial charge is 0.404 e. The average molecular weight is 173 g/mol. The summed E-state index contributed by atoms with van der Waals surface area (Å²) in [5.41, 5.74) is -0.670. The van der Waals surface area contributed by atoms with Crippen molar-refractivity contribution in [3.63, 3.8) is 0 Å². The van der Waals surface area contributed by atoms with Crippen LogP contribution >= 0.6 is 0 Å². The Labute approximate surface area is 71.6 Å². The quantitative estimate of drug-likeness (QED) is 0.578. The van der Waals surface area contributed by atoms with Crippen LogP contribution in [0.3, 0.4) is 0 Å². The molecular weight excluding hydrogens is 158 g/mol. The lowest BCUT2D eigenvalue weighted by molar-refractivity contribution is -0.0310. The molecule has 1 amide bonds. The molecule has 70 valence electrons. The first kappa shape index (κ1) is 9.32. The van der Waals surface area contributed by atoms with Crippen molar-refractivity contribution in [3.05, 3.63) is 0 Å². The minimum absolute atomic E-state index is 0.0407. The van der Waals surface area contributed by atoms with E-state index in [2.05, 4.69) is 5.32 Å². The van der Waals surface area contributed by atoms with Crippen LogP contribution in [0.15, 0.2) is 0 Å². The van der Waals surface area contributed by atoms with E-state index in [1.165, 1.54) is 0 Å². The van der Waals surface area contributed by atoms with Crippen molar-refractivity contribution < 1.29 is 15.0 Å². The molecule has 0 aromatic rings. The van der Waals surface area contributed by atoms with E-state index in [0.29, 0.717) is 0 Å². The predicted molar refractivity (Wildman–Crippen MR) is 44.0 cm³/mol. The van der Waals surface area contributed by atoms with Crippen molar-refractivity contribution in [1.29, 1.82) is 0 Å². The second-order valence-corrected chi connectivity index (χ2v) is 3.97. The van der Waals surface area contributed by atoms with Gasteiger partial charge in [-0.15, -0.1) is 0 Å². The highest BCUT2D eigenvalue weighted by Gasteiger charge is 2.39. The van der Waals surface area contributed by atoms with E-state index >= 15 is 0 Å². The number of hydrogen-bond donors (Lipinski definition) is 3. The van der Waals surface area contributed by atoms with Gasteiger partial charge in [-0.05, 0) is 32.6 Å². The Morgan fingerprint density at radius 3 is 2.33 bits per heavy atom. The third-order valence-corrected chi connectivity index (χ3v) is 2.46. The molecule has 12 heavy (non-hydrogen) atoms. The first-order valence-corrected chi connectivity index (χ1v) is 4.11.